The molecule has 1 amide bonds. The number of nitrogens with zero attached hydrogens (tertiary/aromatic N) is 3. The van der Waals surface area contributed by atoms with Crippen molar-refractivity contribution in [3.05, 3.63) is 46.8 Å². The van der Waals surface area contributed by atoms with Crippen molar-refractivity contribution < 1.29 is 14.3 Å². The van der Waals surface area contributed by atoms with Gasteiger partial charge < -0.3 is 19.7 Å². The number of carbonyl (C=O) groups is 1. The Labute approximate surface area is 170 Å². The molecule has 1 aromatic carbocycles. The van der Waals surface area contributed by atoms with Crippen LogP contribution >= 0.6 is 0 Å². The molecular formula is C22H24N4O3. The molecule has 150 valence electrons. The first-order valence-electron chi connectivity index (χ1n) is 9.74. The number of rotatable bonds is 3. The van der Waals surface area contributed by atoms with Crippen molar-refractivity contribution in [2.45, 2.75) is 32.8 Å². The molecule has 0 spiro atoms. The first-order chi connectivity index (χ1) is 13.9. The fourth-order valence-electron chi connectivity index (χ4n) is 3.80. The van der Waals surface area contributed by atoms with Gasteiger partial charge >= 0.3 is 0 Å². The number of hydrogen-bond acceptors (Lipinski definition) is 6. The van der Waals surface area contributed by atoms with Gasteiger partial charge in [-0.15, -0.1) is 0 Å². The third kappa shape index (κ3) is 3.89. The van der Waals surface area contributed by atoms with E-state index in [-0.39, 0.29) is 17.2 Å². The lowest BCUT2D eigenvalue weighted by Crippen LogP contribution is -2.36. The lowest BCUT2D eigenvalue weighted by molar-refractivity contribution is 0.102. The second kappa shape index (κ2) is 7.37. The quantitative estimate of drug-likeness (QED) is 0.864. The Hall–Kier alpha value is -3.11. The third-order valence-electron chi connectivity index (χ3n) is 5.22. The Morgan fingerprint density at radius 3 is 2.72 bits per heavy atom. The molecule has 7 nitrogen and oxygen atoms in total. The summed E-state index contributed by atoms with van der Waals surface area (Å²) in [6.45, 7) is 8.63. The van der Waals surface area contributed by atoms with E-state index in [1.165, 1.54) is 0 Å². The van der Waals surface area contributed by atoms with Gasteiger partial charge in [-0.05, 0) is 39.0 Å². The number of anilines is 2. The minimum absolute atomic E-state index is 0.265. The SMILES string of the molecule is Cc1nc(C(=O)Nc2cc3c(cc2N2CCOCC2)OC(C)(C)C3)ccc1C#N. The number of amides is 1. The number of carbonyl (C=O) groups excluding carboxylic acids is 1. The monoisotopic (exact) mass is 392 g/mol. The predicted octanol–water partition coefficient (Wildman–Crippen LogP) is 3.06. The Bertz CT molecular complexity index is 1000. The first kappa shape index (κ1) is 19.2. The average Bonchev–Trinajstić information content (AvgIpc) is 3.00. The van der Waals surface area contributed by atoms with Gasteiger partial charge in [-0.3, -0.25) is 4.79 Å². The average molecular weight is 392 g/mol. The number of pyridine rings is 1. The molecule has 29 heavy (non-hydrogen) atoms. The molecule has 2 aromatic rings. The molecule has 1 fully saturated rings. The first-order valence-corrected chi connectivity index (χ1v) is 9.74. The molecular weight excluding hydrogens is 368 g/mol. The van der Waals surface area contributed by atoms with Crippen molar-refractivity contribution in [2.24, 2.45) is 0 Å². The number of aryl methyl sites for hydroxylation is 1. The van der Waals surface area contributed by atoms with Crippen molar-refractivity contribution in [3.63, 3.8) is 0 Å². The zero-order valence-electron chi connectivity index (χ0n) is 16.9. The van der Waals surface area contributed by atoms with Crippen LogP contribution in [0.5, 0.6) is 5.75 Å². The molecule has 0 saturated carbocycles. The summed E-state index contributed by atoms with van der Waals surface area (Å²) in [7, 11) is 0. The van der Waals surface area contributed by atoms with Gasteiger partial charge in [0.1, 0.15) is 23.1 Å². The summed E-state index contributed by atoms with van der Waals surface area (Å²) in [5, 5.41) is 12.1. The van der Waals surface area contributed by atoms with Gasteiger partial charge in [0.05, 0.1) is 35.8 Å². The Kier molecular flexibility index (Phi) is 4.89. The minimum Gasteiger partial charge on any atom is -0.487 e. The lowest BCUT2D eigenvalue weighted by Gasteiger charge is -2.31. The standard InChI is InChI=1S/C22H24N4O3/c1-14-15(13-23)4-5-17(24-14)21(27)25-18-10-16-12-22(2,3)29-20(16)11-19(18)26-6-8-28-9-7-26/h4-5,10-11H,6-9,12H2,1-3H3,(H,25,27). The van der Waals surface area contributed by atoms with Crippen LogP contribution < -0.4 is 15.0 Å². The molecule has 0 atom stereocenters. The second-order valence-electron chi connectivity index (χ2n) is 8.01. The van der Waals surface area contributed by atoms with Gasteiger partial charge in [0.25, 0.3) is 5.91 Å². The smallest absolute Gasteiger partial charge is 0.274 e. The third-order valence-corrected chi connectivity index (χ3v) is 5.22. The highest BCUT2D eigenvalue weighted by Crippen LogP contribution is 2.41. The summed E-state index contributed by atoms with van der Waals surface area (Å²) in [6.07, 6.45) is 0.781. The Balaban J connectivity index is 1.67. The van der Waals surface area contributed by atoms with Gasteiger partial charge in [-0.1, -0.05) is 0 Å². The van der Waals surface area contributed by atoms with Crippen molar-refractivity contribution in [1.29, 1.82) is 5.26 Å². The zero-order chi connectivity index (χ0) is 20.6. The fourth-order valence-corrected chi connectivity index (χ4v) is 3.80. The summed E-state index contributed by atoms with van der Waals surface area (Å²) >= 11 is 0. The number of nitriles is 1. The largest absolute Gasteiger partial charge is 0.487 e. The van der Waals surface area contributed by atoms with Crippen molar-refractivity contribution >= 4 is 17.3 Å². The molecule has 0 unspecified atom stereocenters. The molecule has 0 radical (unpaired) electrons. The van der Waals surface area contributed by atoms with E-state index < -0.39 is 0 Å². The normalized spacial score (nSPS) is 17.2. The fraction of sp³-hybridized carbons (Fsp3) is 0.409. The number of morpholine rings is 1. The summed E-state index contributed by atoms with van der Waals surface area (Å²) in [5.74, 6) is 0.562. The van der Waals surface area contributed by atoms with E-state index in [0.29, 0.717) is 24.5 Å². The highest BCUT2D eigenvalue weighted by Gasteiger charge is 2.32. The summed E-state index contributed by atoms with van der Waals surface area (Å²) in [5.41, 5.74) is 3.76. The number of aromatic nitrogens is 1. The molecule has 1 aromatic heterocycles. The van der Waals surface area contributed by atoms with Crippen LogP contribution in [0, 0.1) is 18.3 Å². The zero-order valence-corrected chi connectivity index (χ0v) is 16.9. The van der Waals surface area contributed by atoms with E-state index in [2.05, 4.69) is 35.1 Å². The Morgan fingerprint density at radius 1 is 1.28 bits per heavy atom. The number of nitrogens with one attached hydrogen (secondary N) is 1. The number of ether oxygens (including phenoxy) is 2. The molecule has 3 heterocycles. The lowest BCUT2D eigenvalue weighted by atomic mass is 10.0. The number of hydrogen-bond donors (Lipinski definition) is 1. The van der Waals surface area contributed by atoms with Crippen LogP contribution in [0.2, 0.25) is 0 Å². The van der Waals surface area contributed by atoms with Gasteiger partial charge in [-0.25, -0.2) is 4.98 Å². The maximum Gasteiger partial charge on any atom is 0.274 e. The predicted molar refractivity (Wildman–Crippen MR) is 110 cm³/mol. The number of fused-ring (bicyclic) bond motifs is 1. The maximum absolute atomic E-state index is 12.9. The van der Waals surface area contributed by atoms with E-state index in [1.807, 2.05) is 12.1 Å². The highest BCUT2D eigenvalue weighted by molar-refractivity contribution is 6.05. The second-order valence-corrected chi connectivity index (χ2v) is 8.01. The van der Waals surface area contributed by atoms with E-state index in [0.717, 1.165) is 42.2 Å². The van der Waals surface area contributed by atoms with Crippen LogP contribution in [0.1, 0.15) is 41.2 Å². The van der Waals surface area contributed by atoms with Crippen LogP contribution in [-0.4, -0.2) is 42.8 Å². The van der Waals surface area contributed by atoms with E-state index >= 15 is 0 Å². The van der Waals surface area contributed by atoms with Crippen molar-refractivity contribution in [1.82, 2.24) is 4.98 Å². The summed E-state index contributed by atoms with van der Waals surface area (Å²) in [4.78, 5) is 19.4. The van der Waals surface area contributed by atoms with Crippen LogP contribution in [0.3, 0.4) is 0 Å². The van der Waals surface area contributed by atoms with E-state index in [1.54, 1.807) is 19.1 Å². The number of benzene rings is 1. The molecule has 1 N–H and O–H groups in total. The summed E-state index contributed by atoms with van der Waals surface area (Å²) < 4.78 is 11.6. The van der Waals surface area contributed by atoms with Crippen LogP contribution in [0.15, 0.2) is 24.3 Å². The topological polar surface area (TPSA) is 87.5 Å². The van der Waals surface area contributed by atoms with E-state index in [4.69, 9.17) is 14.7 Å². The van der Waals surface area contributed by atoms with Crippen molar-refractivity contribution in [2.75, 3.05) is 36.5 Å². The molecule has 4 rings (SSSR count). The molecule has 2 aliphatic rings. The molecule has 0 bridgehead atoms. The van der Waals surface area contributed by atoms with Crippen LogP contribution in [0.4, 0.5) is 11.4 Å². The maximum atomic E-state index is 12.9. The Morgan fingerprint density at radius 2 is 2.03 bits per heavy atom. The van der Waals surface area contributed by atoms with Gasteiger partial charge in [0.2, 0.25) is 0 Å². The molecule has 7 heteroatoms. The van der Waals surface area contributed by atoms with Gasteiger partial charge in [0.15, 0.2) is 0 Å². The van der Waals surface area contributed by atoms with Crippen LogP contribution in [0.25, 0.3) is 0 Å². The van der Waals surface area contributed by atoms with E-state index in [9.17, 15) is 4.79 Å². The van der Waals surface area contributed by atoms with Gasteiger partial charge in [0, 0.05) is 31.1 Å². The minimum atomic E-state index is -0.301. The molecule has 2 aliphatic heterocycles. The molecule has 0 aliphatic carbocycles. The summed E-state index contributed by atoms with van der Waals surface area (Å²) in [6, 6.07) is 9.29. The van der Waals surface area contributed by atoms with Crippen molar-refractivity contribution in [3.8, 4) is 11.8 Å². The van der Waals surface area contributed by atoms with Crippen LogP contribution in [-0.2, 0) is 11.2 Å². The highest BCUT2D eigenvalue weighted by atomic mass is 16.5. The molecule has 1 saturated heterocycles. The van der Waals surface area contributed by atoms with Gasteiger partial charge in [-0.2, -0.15) is 5.26 Å².